The van der Waals surface area contributed by atoms with Crippen LogP contribution in [0.4, 0.5) is 5.95 Å². The molecule has 0 spiro atoms. The quantitative estimate of drug-likeness (QED) is 0.464. The number of aromatic nitrogens is 2. The van der Waals surface area contributed by atoms with Crippen LogP contribution in [-0.2, 0) is 11.3 Å². The van der Waals surface area contributed by atoms with Crippen LogP contribution in [-0.4, -0.2) is 41.8 Å². The molecule has 5 rings (SSSR count). The number of carbonyl (C=O) groups is 1. The van der Waals surface area contributed by atoms with Crippen molar-refractivity contribution in [2.45, 2.75) is 27.3 Å². The SMILES string of the molecule is Cc1ccc(CNC(=O)c2ccc3c(=O)n(-c4ccc(C)c(C)c4)c(N4CCOCC4)nc3c2)cc1. The molecule has 3 aromatic carbocycles. The minimum atomic E-state index is -0.203. The van der Waals surface area contributed by atoms with Gasteiger partial charge in [-0.15, -0.1) is 0 Å². The second kappa shape index (κ2) is 9.95. The topological polar surface area (TPSA) is 76.5 Å². The number of carbonyl (C=O) groups excluding carboxylic acids is 1. The Hall–Kier alpha value is -3.97. The van der Waals surface area contributed by atoms with E-state index in [1.165, 1.54) is 5.56 Å². The molecule has 0 aliphatic carbocycles. The highest BCUT2D eigenvalue weighted by Crippen LogP contribution is 2.23. The average molecular weight is 483 g/mol. The van der Waals surface area contributed by atoms with E-state index in [0.29, 0.717) is 55.3 Å². The average Bonchev–Trinajstić information content (AvgIpc) is 2.90. The van der Waals surface area contributed by atoms with Crippen LogP contribution in [0.1, 0.15) is 32.6 Å². The van der Waals surface area contributed by atoms with Gasteiger partial charge in [-0.3, -0.25) is 9.59 Å². The fourth-order valence-electron chi connectivity index (χ4n) is 4.38. The van der Waals surface area contributed by atoms with Crippen molar-refractivity contribution in [1.29, 1.82) is 0 Å². The van der Waals surface area contributed by atoms with Crippen LogP contribution in [0.5, 0.6) is 0 Å². The van der Waals surface area contributed by atoms with E-state index in [1.54, 1.807) is 22.8 Å². The lowest BCUT2D eigenvalue weighted by Crippen LogP contribution is -2.40. The molecule has 1 aromatic heterocycles. The van der Waals surface area contributed by atoms with Crippen molar-refractivity contribution in [3.8, 4) is 5.69 Å². The molecule has 1 saturated heterocycles. The maximum Gasteiger partial charge on any atom is 0.267 e. The van der Waals surface area contributed by atoms with E-state index in [1.807, 2.05) is 56.3 Å². The first-order chi connectivity index (χ1) is 17.4. The van der Waals surface area contributed by atoms with Gasteiger partial charge in [-0.1, -0.05) is 35.9 Å². The molecule has 0 unspecified atom stereocenters. The molecule has 1 amide bonds. The molecule has 36 heavy (non-hydrogen) atoms. The molecular formula is C29H30N4O3. The van der Waals surface area contributed by atoms with Gasteiger partial charge in [-0.05, 0) is 67.8 Å². The van der Waals surface area contributed by atoms with Gasteiger partial charge in [0.05, 0.1) is 29.8 Å². The lowest BCUT2D eigenvalue weighted by molar-refractivity contribution is 0.0951. The van der Waals surface area contributed by atoms with Crippen LogP contribution in [0.2, 0.25) is 0 Å². The Morgan fingerprint density at radius 2 is 1.69 bits per heavy atom. The van der Waals surface area contributed by atoms with Crippen LogP contribution in [0.3, 0.4) is 0 Å². The van der Waals surface area contributed by atoms with Crippen molar-refractivity contribution in [3.63, 3.8) is 0 Å². The number of ether oxygens (including phenoxy) is 1. The highest BCUT2D eigenvalue weighted by Gasteiger charge is 2.21. The number of amides is 1. The first kappa shape index (κ1) is 23.8. The van der Waals surface area contributed by atoms with E-state index >= 15 is 0 Å². The van der Waals surface area contributed by atoms with Gasteiger partial charge in [0.1, 0.15) is 0 Å². The number of nitrogens with zero attached hydrogens (tertiary/aromatic N) is 3. The van der Waals surface area contributed by atoms with E-state index in [9.17, 15) is 9.59 Å². The number of hydrogen-bond donors (Lipinski definition) is 1. The third-order valence-corrected chi connectivity index (χ3v) is 6.73. The highest BCUT2D eigenvalue weighted by molar-refractivity contribution is 5.97. The molecule has 7 heteroatoms. The number of aryl methyl sites for hydroxylation is 3. The summed E-state index contributed by atoms with van der Waals surface area (Å²) in [6, 6.07) is 19.1. The summed E-state index contributed by atoms with van der Waals surface area (Å²) in [7, 11) is 0. The van der Waals surface area contributed by atoms with Crippen LogP contribution >= 0.6 is 0 Å². The number of fused-ring (bicyclic) bond motifs is 1. The summed E-state index contributed by atoms with van der Waals surface area (Å²) in [6.45, 7) is 8.97. The monoisotopic (exact) mass is 482 g/mol. The van der Waals surface area contributed by atoms with Gasteiger partial charge in [0, 0.05) is 25.2 Å². The van der Waals surface area contributed by atoms with Gasteiger partial charge in [0.2, 0.25) is 5.95 Å². The summed E-state index contributed by atoms with van der Waals surface area (Å²) in [6.07, 6.45) is 0. The molecule has 1 N–H and O–H groups in total. The van der Waals surface area contributed by atoms with Crippen LogP contribution < -0.4 is 15.8 Å². The normalized spacial score (nSPS) is 13.7. The van der Waals surface area contributed by atoms with Crippen LogP contribution in [0.25, 0.3) is 16.6 Å². The fourth-order valence-corrected chi connectivity index (χ4v) is 4.38. The lowest BCUT2D eigenvalue weighted by Gasteiger charge is -2.30. The zero-order valence-electron chi connectivity index (χ0n) is 20.9. The molecule has 0 saturated carbocycles. The van der Waals surface area contributed by atoms with Gasteiger partial charge < -0.3 is 15.0 Å². The maximum absolute atomic E-state index is 13.8. The van der Waals surface area contributed by atoms with Gasteiger partial charge >= 0.3 is 0 Å². The van der Waals surface area contributed by atoms with Crippen molar-refractivity contribution in [2.75, 3.05) is 31.2 Å². The number of nitrogens with one attached hydrogen (secondary N) is 1. The Morgan fingerprint density at radius 1 is 0.944 bits per heavy atom. The van der Waals surface area contributed by atoms with E-state index in [4.69, 9.17) is 9.72 Å². The fraction of sp³-hybridized carbons (Fsp3) is 0.276. The van der Waals surface area contributed by atoms with Gasteiger partial charge in [0.15, 0.2) is 0 Å². The third-order valence-electron chi connectivity index (χ3n) is 6.73. The van der Waals surface area contributed by atoms with E-state index in [2.05, 4.69) is 17.1 Å². The van der Waals surface area contributed by atoms with Crippen LogP contribution in [0.15, 0.2) is 65.5 Å². The molecule has 4 aromatic rings. The molecule has 7 nitrogen and oxygen atoms in total. The molecule has 1 fully saturated rings. The Balaban J connectivity index is 1.54. The summed E-state index contributed by atoms with van der Waals surface area (Å²) in [4.78, 5) is 33.7. The predicted molar refractivity (Wildman–Crippen MR) is 142 cm³/mol. The Bertz CT molecular complexity index is 1490. The van der Waals surface area contributed by atoms with Gasteiger partial charge in [-0.25, -0.2) is 9.55 Å². The minimum Gasteiger partial charge on any atom is -0.378 e. The summed E-state index contributed by atoms with van der Waals surface area (Å²) in [5.74, 6) is 0.363. The third kappa shape index (κ3) is 4.75. The Labute approximate surface area is 210 Å². The molecule has 0 radical (unpaired) electrons. The van der Waals surface area contributed by atoms with Gasteiger partial charge in [0.25, 0.3) is 11.5 Å². The van der Waals surface area contributed by atoms with Gasteiger partial charge in [-0.2, -0.15) is 0 Å². The number of rotatable bonds is 5. The summed E-state index contributed by atoms with van der Waals surface area (Å²) in [5, 5.41) is 3.44. The zero-order chi connectivity index (χ0) is 25.2. The second-order valence-electron chi connectivity index (χ2n) is 9.32. The molecule has 0 atom stereocenters. The molecule has 0 bridgehead atoms. The van der Waals surface area contributed by atoms with Crippen LogP contribution in [0, 0.1) is 20.8 Å². The summed E-state index contributed by atoms with van der Waals surface area (Å²) in [5.41, 5.74) is 6.06. The molecule has 184 valence electrons. The van der Waals surface area contributed by atoms with Crippen molar-refractivity contribution >= 4 is 22.8 Å². The zero-order valence-corrected chi connectivity index (χ0v) is 20.9. The number of hydrogen-bond acceptors (Lipinski definition) is 5. The molecule has 1 aliphatic heterocycles. The molecule has 2 heterocycles. The Morgan fingerprint density at radius 3 is 2.42 bits per heavy atom. The van der Waals surface area contributed by atoms with E-state index in [0.717, 1.165) is 22.4 Å². The van der Waals surface area contributed by atoms with Crippen molar-refractivity contribution in [1.82, 2.24) is 14.9 Å². The second-order valence-corrected chi connectivity index (χ2v) is 9.32. The summed E-state index contributed by atoms with van der Waals surface area (Å²) >= 11 is 0. The lowest BCUT2D eigenvalue weighted by atomic mass is 10.1. The number of morpholine rings is 1. The minimum absolute atomic E-state index is 0.156. The standard InChI is InChI=1S/C29H30N4O3/c1-19-4-7-22(8-5-19)18-30-27(34)23-9-11-25-26(17-23)31-29(32-12-14-36-15-13-32)33(28(25)35)24-10-6-20(2)21(3)16-24/h4-11,16-17H,12-15,18H2,1-3H3,(H,30,34). The van der Waals surface area contributed by atoms with E-state index in [-0.39, 0.29) is 11.5 Å². The smallest absolute Gasteiger partial charge is 0.267 e. The van der Waals surface area contributed by atoms with Crippen molar-refractivity contribution < 1.29 is 9.53 Å². The number of benzene rings is 3. The number of anilines is 1. The maximum atomic E-state index is 13.8. The Kier molecular flexibility index (Phi) is 6.57. The molecular weight excluding hydrogens is 452 g/mol. The predicted octanol–water partition coefficient (Wildman–Crippen LogP) is 4.08. The van der Waals surface area contributed by atoms with Crippen molar-refractivity contribution in [2.24, 2.45) is 0 Å². The van der Waals surface area contributed by atoms with Crippen molar-refractivity contribution in [3.05, 3.63) is 98.8 Å². The highest BCUT2D eigenvalue weighted by atomic mass is 16.5. The summed E-state index contributed by atoms with van der Waals surface area (Å²) < 4.78 is 7.21. The first-order valence-electron chi connectivity index (χ1n) is 12.2. The molecule has 1 aliphatic rings. The van der Waals surface area contributed by atoms with E-state index < -0.39 is 0 Å². The largest absolute Gasteiger partial charge is 0.378 e. The first-order valence-corrected chi connectivity index (χ1v) is 12.2.